The predicted octanol–water partition coefficient (Wildman–Crippen LogP) is 1.34. The first-order valence-electron chi connectivity index (χ1n) is 9.19. The number of carbonyl (C=O) groups is 1. The quantitative estimate of drug-likeness (QED) is 0.736. The highest BCUT2D eigenvalue weighted by Gasteiger charge is 2.36. The summed E-state index contributed by atoms with van der Waals surface area (Å²) in [5.74, 6) is 1.68. The molecule has 0 radical (unpaired) electrons. The number of nitrogens with zero attached hydrogens (tertiary/aromatic N) is 3. The van der Waals surface area contributed by atoms with E-state index in [-0.39, 0.29) is 5.91 Å². The van der Waals surface area contributed by atoms with Crippen LogP contribution in [0.25, 0.3) is 11.0 Å². The van der Waals surface area contributed by atoms with Gasteiger partial charge in [-0.05, 0) is 37.2 Å². The van der Waals surface area contributed by atoms with Crippen molar-refractivity contribution in [2.24, 2.45) is 11.7 Å². The Morgan fingerprint density at radius 3 is 3.08 bits per heavy atom. The highest BCUT2D eigenvalue weighted by molar-refractivity contribution is 5.91. The lowest BCUT2D eigenvalue weighted by molar-refractivity contribution is -0.121. The first-order chi connectivity index (χ1) is 12.1. The van der Waals surface area contributed by atoms with Gasteiger partial charge in [0.05, 0.1) is 10.9 Å². The van der Waals surface area contributed by atoms with Crippen LogP contribution in [0.3, 0.4) is 0 Å². The highest BCUT2D eigenvalue weighted by Crippen LogP contribution is 2.33. The van der Waals surface area contributed by atoms with Crippen molar-refractivity contribution in [3.05, 3.63) is 18.1 Å². The SMILES string of the molecule is CCc1c[nH]c2ncnc(N3CC[C@](N)(CNC(=O)CC4CC4)C3)c12. The number of aromatic amines is 1. The van der Waals surface area contributed by atoms with E-state index in [4.69, 9.17) is 5.73 Å². The monoisotopic (exact) mass is 342 g/mol. The van der Waals surface area contributed by atoms with Gasteiger partial charge in [0.15, 0.2) is 0 Å². The molecule has 134 valence electrons. The Labute approximate surface area is 147 Å². The number of nitrogens with two attached hydrogens (primary N) is 1. The van der Waals surface area contributed by atoms with Crippen molar-refractivity contribution in [1.82, 2.24) is 20.3 Å². The normalized spacial score (nSPS) is 23.4. The van der Waals surface area contributed by atoms with Gasteiger partial charge < -0.3 is 20.9 Å². The molecule has 3 heterocycles. The van der Waals surface area contributed by atoms with Crippen LogP contribution < -0.4 is 16.0 Å². The molecule has 1 saturated carbocycles. The molecule has 2 aromatic rings. The summed E-state index contributed by atoms with van der Waals surface area (Å²) in [6.45, 7) is 4.19. The smallest absolute Gasteiger partial charge is 0.220 e. The molecule has 2 fully saturated rings. The third kappa shape index (κ3) is 3.33. The van der Waals surface area contributed by atoms with E-state index in [1.807, 2.05) is 6.20 Å². The maximum atomic E-state index is 12.0. The number of hydrogen-bond donors (Lipinski definition) is 3. The highest BCUT2D eigenvalue weighted by atomic mass is 16.1. The molecule has 2 aromatic heterocycles. The van der Waals surface area contributed by atoms with E-state index in [9.17, 15) is 4.79 Å². The predicted molar refractivity (Wildman–Crippen MR) is 97.4 cm³/mol. The second-order valence-electron chi connectivity index (χ2n) is 7.55. The van der Waals surface area contributed by atoms with Crippen LogP contribution in [0.4, 0.5) is 5.82 Å². The molecule has 25 heavy (non-hydrogen) atoms. The lowest BCUT2D eigenvalue weighted by atomic mass is 10.0. The van der Waals surface area contributed by atoms with Crippen LogP contribution in [0.15, 0.2) is 12.5 Å². The van der Waals surface area contributed by atoms with Crippen LogP contribution in [0.1, 0.15) is 38.2 Å². The molecule has 7 nitrogen and oxygen atoms in total. The second kappa shape index (κ2) is 6.29. The molecular formula is C18H26N6O. The van der Waals surface area contributed by atoms with Crippen LogP contribution >= 0.6 is 0 Å². The molecule has 1 amide bonds. The molecule has 0 unspecified atom stereocenters. The fourth-order valence-corrected chi connectivity index (χ4v) is 3.68. The van der Waals surface area contributed by atoms with E-state index in [1.54, 1.807) is 6.33 Å². The van der Waals surface area contributed by atoms with Crippen molar-refractivity contribution < 1.29 is 4.79 Å². The first-order valence-corrected chi connectivity index (χ1v) is 9.19. The number of amides is 1. The van der Waals surface area contributed by atoms with Crippen molar-refractivity contribution >= 4 is 22.8 Å². The zero-order chi connectivity index (χ0) is 17.4. The van der Waals surface area contributed by atoms with Gasteiger partial charge in [-0.2, -0.15) is 0 Å². The van der Waals surface area contributed by atoms with Crippen LogP contribution in [-0.4, -0.2) is 46.0 Å². The Hall–Kier alpha value is -2.15. The third-order valence-electron chi connectivity index (χ3n) is 5.41. The van der Waals surface area contributed by atoms with Crippen molar-refractivity contribution in [3.8, 4) is 0 Å². The van der Waals surface area contributed by atoms with Gasteiger partial charge in [-0.1, -0.05) is 6.92 Å². The van der Waals surface area contributed by atoms with E-state index in [0.29, 0.717) is 25.4 Å². The molecular weight excluding hydrogens is 316 g/mol. The number of aromatic nitrogens is 3. The average Bonchev–Trinajstić information content (AvgIpc) is 3.18. The zero-order valence-corrected chi connectivity index (χ0v) is 14.7. The van der Waals surface area contributed by atoms with E-state index in [1.165, 1.54) is 18.4 Å². The topological polar surface area (TPSA) is 99.9 Å². The molecule has 2 aliphatic rings. The summed E-state index contributed by atoms with van der Waals surface area (Å²) in [5.41, 5.74) is 8.25. The van der Waals surface area contributed by atoms with Crippen molar-refractivity contribution in [2.45, 2.75) is 44.6 Å². The molecule has 0 spiro atoms. The standard InChI is InChI=1S/C18H26N6O/c1-2-13-8-20-16-15(13)17(23-11-22-16)24-6-5-18(19,10-24)9-21-14(25)7-12-3-4-12/h8,11-12H,2-7,9-10,19H2,1H3,(H,21,25)(H,20,22,23)/t18-/m0/s1. The molecule has 0 bridgehead atoms. The van der Waals surface area contributed by atoms with Gasteiger partial charge in [0.2, 0.25) is 5.91 Å². The molecule has 0 aromatic carbocycles. The summed E-state index contributed by atoms with van der Waals surface area (Å²) in [6.07, 6.45) is 8.40. The van der Waals surface area contributed by atoms with Crippen molar-refractivity contribution in [1.29, 1.82) is 0 Å². The minimum Gasteiger partial charge on any atom is -0.354 e. The fourth-order valence-electron chi connectivity index (χ4n) is 3.68. The van der Waals surface area contributed by atoms with Crippen molar-refractivity contribution in [3.63, 3.8) is 0 Å². The lowest BCUT2D eigenvalue weighted by Gasteiger charge is -2.25. The number of aryl methyl sites for hydroxylation is 1. The summed E-state index contributed by atoms with van der Waals surface area (Å²) in [7, 11) is 0. The fraction of sp³-hybridized carbons (Fsp3) is 0.611. The number of carbonyl (C=O) groups excluding carboxylic acids is 1. The van der Waals surface area contributed by atoms with Gasteiger partial charge in [0.1, 0.15) is 17.8 Å². The Kier molecular flexibility index (Phi) is 4.11. The maximum absolute atomic E-state index is 12.0. The first kappa shape index (κ1) is 16.3. The lowest BCUT2D eigenvalue weighted by Crippen LogP contribution is -2.52. The summed E-state index contributed by atoms with van der Waals surface area (Å²) < 4.78 is 0. The number of hydrogen-bond acceptors (Lipinski definition) is 5. The largest absolute Gasteiger partial charge is 0.354 e. The van der Waals surface area contributed by atoms with Crippen LogP contribution in [-0.2, 0) is 11.2 Å². The average molecular weight is 342 g/mol. The van der Waals surface area contributed by atoms with Gasteiger partial charge in [-0.25, -0.2) is 9.97 Å². The molecule has 4 N–H and O–H groups in total. The molecule has 4 rings (SSSR count). The zero-order valence-electron chi connectivity index (χ0n) is 14.7. The van der Waals surface area contributed by atoms with Gasteiger partial charge in [-0.3, -0.25) is 4.79 Å². The minimum absolute atomic E-state index is 0.133. The van der Waals surface area contributed by atoms with Gasteiger partial charge in [-0.15, -0.1) is 0 Å². The number of rotatable bonds is 6. The van der Waals surface area contributed by atoms with E-state index >= 15 is 0 Å². The number of nitrogens with one attached hydrogen (secondary N) is 2. The molecule has 1 aliphatic heterocycles. The maximum Gasteiger partial charge on any atom is 0.220 e. The number of fused-ring (bicyclic) bond motifs is 1. The summed E-state index contributed by atoms with van der Waals surface area (Å²) in [6, 6.07) is 0. The number of H-pyrrole nitrogens is 1. The minimum atomic E-state index is -0.404. The summed E-state index contributed by atoms with van der Waals surface area (Å²) >= 11 is 0. The Bertz CT molecular complexity index is 783. The summed E-state index contributed by atoms with van der Waals surface area (Å²) in [5, 5.41) is 4.12. The Morgan fingerprint density at radius 1 is 1.48 bits per heavy atom. The Balaban J connectivity index is 1.46. The Morgan fingerprint density at radius 2 is 2.32 bits per heavy atom. The molecule has 1 atom stereocenters. The molecule has 7 heteroatoms. The van der Waals surface area contributed by atoms with E-state index in [2.05, 4.69) is 32.1 Å². The van der Waals surface area contributed by atoms with E-state index < -0.39 is 5.54 Å². The van der Waals surface area contributed by atoms with E-state index in [0.717, 1.165) is 36.2 Å². The van der Waals surface area contributed by atoms with Crippen LogP contribution in [0.2, 0.25) is 0 Å². The van der Waals surface area contributed by atoms with Crippen molar-refractivity contribution in [2.75, 3.05) is 24.5 Å². The van der Waals surface area contributed by atoms with Gasteiger partial charge >= 0.3 is 0 Å². The van der Waals surface area contributed by atoms with Gasteiger partial charge in [0, 0.05) is 32.3 Å². The summed E-state index contributed by atoms with van der Waals surface area (Å²) in [4.78, 5) is 26.3. The van der Waals surface area contributed by atoms with Crippen LogP contribution in [0, 0.1) is 5.92 Å². The second-order valence-corrected chi connectivity index (χ2v) is 7.55. The van der Waals surface area contributed by atoms with Gasteiger partial charge in [0.25, 0.3) is 0 Å². The number of anilines is 1. The third-order valence-corrected chi connectivity index (χ3v) is 5.41. The molecule has 1 saturated heterocycles. The van der Waals surface area contributed by atoms with Crippen LogP contribution in [0.5, 0.6) is 0 Å². The molecule has 1 aliphatic carbocycles.